The first-order chi connectivity index (χ1) is 16.1. The van der Waals surface area contributed by atoms with Crippen LogP contribution in [0.25, 0.3) is 0 Å². The molecule has 6 nitrogen and oxygen atoms in total. The van der Waals surface area contributed by atoms with Gasteiger partial charge in [-0.25, -0.2) is 0 Å². The molecule has 0 aliphatic rings. The molecule has 2 N–H and O–H groups in total. The number of carbonyl (C=O) groups excluding carboxylic acids is 1. The van der Waals surface area contributed by atoms with Crippen molar-refractivity contribution in [1.29, 1.82) is 0 Å². The number of nitrogens with one attached hydrogen (secondary N) is 2. The lowest BCUT2D eigenvalue weighted by molar-refractivity contribution is -0.893. The topological polar surface area (TPSA) is 64.2 Å². The minimum atomic E-state index is -4.53. The van der Waals surface area contributed by atoms with E-state index in [1.165, 1.54) is 16.7 Å². The highest BCUT2D eigenvalue weighted by atomic mass is 35.5. The lowest BCUT2D eigenvalue weighted by Gasteiger charge is -2.20. The standard InChI is InChI=1S/C23H25ClF3N5OS/c1-4-19(31(2)3)21-29-30-22(32(21)13-15-8-6-5-7-9-15)34-14-20(33)28-18-12-16(23(25,26)27)10-11-17(18)24/h5-12,19H,4,13-14H2,1-3H3,(H,28,33)/p+1/t19-/m0/s1. The van der Waals surface area contributed by atoms with Gasteiger partial charge in [-0.2, -0.15) is 13.2 Å². The van der Waals surface area contributed by atoms with E-state index in [-0.39, 0.29) is 22.5 Å². The van der Waals surface area contributed by atoms with Gasteiger partial charge in [0.05, 0.1) is 42.7 Å². The van der Waals surface area contributed by atoms with Crippen LogP contribution in [0.4, 0.5) is 18.9 Å². The zero-order valence-corrected chi connectivity index (χ0v) is 20.6. The smallest absolute Gasteiger partial charge is 0.331 e. The molecule has 3 aromatic rings. The maximum Gasteiger partial charge on any atom is 0.416 e. The molecule has 34 heavy (non-hydrogen) atoms. The number of hydrogen-bond donors (Lipinski definition) is 2. The molecule has 0 aliphatic heterocycles. The van der Waals surface area contributed by atoms with Gasteiger partial charge in [0.1, 0.15) is 6.04 Å². The molecule has 0 spiro atoms. The van der Waals surface area contributed by atoms with E-state index in [1.54, 1.807) is 0 Å². The van der Waals surface area contributed by atoms with Crippen LogP contribution in [0.1, 0.15) is 36.3 Å². The summed E-state index contributed by atoms with van der Waals surface area (Å²) in [6, 6.07) is 12.8. The van der Waals surface area contributed by atoms with Gasteiger partial charge in [-0.1, -0.05) is 60.6 Å². The maximum atomic E-state index is 13.0. The highest BCUT2D eigenvalue weighted by Crippen LogP contribution is 2.34. The molecule has 1 amide bonds. The molecule has 0 saturated carbocycles. The van der Waals surface area contributed by atoms with Gasteiger partial charge in [-0.3, -0.25) is 9.36 Å². The Kier molecular flexibility index (Phi) is 8.62. The van der Waals surface area contributed by atoms with Crippen LogP contribution in [0.15, 0.2) is 53.7 Å². The lowest BCUT2D eigenvalue weighted by Crippen LogP contribution is -3.06. The number of amides is 1. The fraction of sp³-hybridized carbons (Fsp3) is 0.348. The van der Waals surface area contributed by atoms with Gasteiger partial charge < -0.3 is 10.2 Å². The molecule has 0 bridgehead atoms. The molecule has 3 rings (SSSR count). The highest BCUT2D eigenvalue weighted by Gasteiger charge is 2.31. The predicted molar refractivity (Wildman–Crippen MR) is 127 cm³/mol. The number of thioether (sulfide) groups is 1. The largest absolute Gasteiger partial charge is 0.416 e. The van der Waals surface area contributed by atoms with Gasteiger partial charge in [0.15, 0.2) is 11.0 Å². The third-order valence-corrected chi connectivity index (χ3v) is 6.54. The Hall–Kier alpha value is -2.56. The van der Waals surface area contributed by atoms with Gasteiger partial charge in [-0.15, -0.1) is 10.2 Å². The van der Waals surface area contributed by atoms with Crippen molar-refractivity contribution in [1.82, 2.24) is 14.8 Å². The highest BCUT2D eigenvalue weighted by molar-refractivity contribution is 7.99. The van der Waals surface area contributed by atoms with Crippen molar-refractivity contribution in [3.8, 4) is 0 Å². The van der Waals surface area contributed by atoms with E-state index in [0.29, 0.717) is 11.7 Å². The molecule has 182 valence electrons. The van der Waals surface area contributed by atoms with Crippen LogP contribution in [-0.2, 0) is 17.5 Å². The van der Waals surface area contributed by atoms with Crippen molar-refractivity contribution in [2.24, 2.45) is 0 Å². The number of benzene rings is 2. The summed E-state index contributed by atoms with van der Waals surface area (Å²) in [5.41, 5.74) is 0.0916. The first kappa shape index (κ1) is 26.1. The van der Waals surface area contributed by atoms with E-state index in [0.717, 1.165) is 36.0 Å². The van der Waals surface area contributed by atoms with Crippen LogP contribution in [0.3, 0.4) is 0 Å². The molecular weight excluding hydrogens is 487 g/mol. The summed E-state index contributed by atoms with van der Waals surface area (Å²) in [4.78, 5) is 13.7. The number of carbonyl (C=O) groups is 1. The number of hydrogen-bond acceptors (Lipinski definition) is 4. The van der Waals surface area contributed by atoms with Crippen LogP contribution in [0.2, 0.25) is 5.02 Å². The van der Waals surface area contributed by atoms with Gasteiger partial charge in [0.25, 0.3) is 0 Å². The van der Waals surface area contributed by atoms with E-state index >= 15 is 0 Å². The number of quaternary nitrogens is 1. The third kappa shape index (κ3) is 6.52. The number of nitrogens with zero attached hydrogens (tertiary/aromatic N) is 3. The summed E-state index contributed by atoms with van der Waals surface area (Å²) in [6.45, 7) is 2.62. The molecule has 0 saturated heterocycles. The van der Waals surface area contributed by atoms with Crippen molar-refractivity contribution in [2.45, 2.75) is 37.3 Å². The van der Waals surface area contributed by atoms with Crippen LogP contribution in [0, 0.1) is 0 Å². The van der Waals surface area contributed by atoms with Gasteiger partial charge in [-0.05, 0) is 23.8 Å². The zero-order chi connectivity index (χ0) is 24.9. The van der Waals surface area contributed by atoms with Crippen molar-refractivity contribution >= 4 is 35.0 Å². The fourth-order valence-electron chi connectivity index (χ4n) is 3.54. The van der Waals surface area contributed by atoms with E-state index in [4.69, 9.17) is 11.6 Å². The quantitative estimate of drug-likeness (QED) is 0.419. The first-order valence-corrected chi connectivity index (χ1v) is 12.0. The average molecular weight is 513 g/mol. The van der Waals surface area contributed by atoms with E-state index in [9.17, 15) is 18.0 Å². The Morgan fingerprint density at radius 1 is 1.18 bits per heavy atom. The molecule has 2 aromatic carbocycles. The van der Waals surface area contributed by atoms with Gasteiger partial charge in [0, 0.05) is 6.42 Å². The Morgan fingerprint density at radius 2 is 1.88 bits per heavy atom. The average Bonchev–Trinajstić information content (AvgIpc) is 3.16. The maximum absolute atomic E-state index is 13.0. The predicted octanol–water partition coefficient (Wildman–Crippen LogP) is 4.33. The second-order valence-corrected chi connectivity index (χ2v) is 9.33. The Labute approximate surface area is 205 Å². The Balaban J connectivity index is 1.79. The molecular formula is C23H26ClF3N5OS+. The van der Waals surface area contributed by atoms with E-state index in [2.05, 4.69) is 36.5 Å². The van der Waals surface area contributed by atoms with Crippen molar-refractivity contribution in [2.75, 3.05) is 25.2 Å². The molecule has 0 fully saturated rings. The normalized spacial score (nSPS) is 12.7. The Bertz CT molecular complexity index is 1120. The number of anilines is 1. The van der Waals surface area contributed by atoms with E-state index < -0.39 is 17.6 Å². The van der Waals surface area contributed by atoms with Crippen molar-refractivity contribution in [3.63, 3.8) is 0 Å². The van der Waals surface area contributed by atoms with Crippen molar-refractivity contribution in [3.05, 3.63) is 70.5 Å². The summed E-state index contributed by atoms with van der Waals surface area (Å²) < 4.78 is 41.0. The second kappa shape index (κ2) is 11.2. The minimum Gasteiger partial charge on any atom is -0.331 e. The summed E-state index contributed by atoms with van der Waals surface area (Å²) in [5.74, 6) is 0.257. The number of aromatic nitrogens is 3. The Morgan fingerprint density at radius 3 is 2.50 bits per heavy atom. The summed E-state index contributed by atoms with van der Waals surface area (Å²) >= 11 is 7.16. The molecule has 1 aromatic heterocycles. The van der Waals surface area contributed by atoms with Crippen LogP contribution < -0.4 is 10.2 Å². The minimum absolute atomic E-state index is 0.0284. The molecule has 0 unspecified atom stereocenters. The number of halogens is 4. The summed E-state index contributed by atoms with van der Waals surface area (Å²) in [7, 11) is 4.10. The molecule has 0 aliphatic carbocycles. The molecule has 1 heterocycles. The molecule has 0 radical (unpaired) electrons. The third-order valence-electron chi connectivity index (χ3n) is 5.25. The lowest BCUT2D eigenvalue weighted by atomic mass is 10.2. The SMILES string of the molecule is CC[C@@H](c1nnc(SCC(=O)Nc2cc(C(F)(F)F)ccc2Cl)n1Cc1ccccc1)[NH+](C)C. The monoisotopic (exact) mass is 512 g/mol. The molecule has 11 heteroatoms. The van der Waals surface area contributed by atoms with Gasteiger partial charge >= 0.3 is 6.18 Å². The second-order valence-electron chi connectivity index (χ2n) is 7.98. The van der Waals surface area contributed by atoms with Crippen LogP contribution >= 0.6 is 23.4 Å². The summed E-state index contributed by atoms with van der Waals surface area (Å²) in [6.07, 6.45) is -3.68. The van der Waals surface area contributed by atoms with Crippen LogP contribution in [0.5, 0.6) is 0 Å². The fourth-order valence-corrected chi connectivity index (χ4v) is 4.45. The van der Waals surface area contributed by atoms with Crippen LogP contribution in [-0.4, -0.2) is 40.5 Å². The zero-order valence-electron chi connectivity index (χ0n) is 19.0. The van der Waals surface area contributed by atoms with Crippen molar-refractivity contribution < 1.29 is 22.9 Å². The van der Waals surface area contributed by atoms with Gasteiger partial charge in [0.2, 0.25) is 5.91 Å². The molecule has 1 atom stereocenters. The first-order valence-electron chi connectivity index (χ1n) is 10.7. The van der Waals surface area contributed by atoms with E-state index in [1.807, 2.05) is 34.9 Å². The summed E-state index contributed by atoms with van der Waals surface area (Å²) in [5, 5.41) is 11.8. The number of alkyl halides is 3. The number of rotatable bonds is 9.